The molecule has 1 amide bonds. The Labute approximate surface area is 172 Å². The van der Waals surface area contributed by atoms with Crippen molar-refractivity contribution in [2.45, 2.75) is 16.5 Å². The monoisotopic (exact) mass is 415 g/mol. The van der Waals surface area contributed by atoms with Gasteiger partial charge in [0.1, 0.15) is 5.75 Å². The van der Waals surface area contributed by atoms with Crippen LogP contribution in [0.4, 0.5) is 5.69 Å². The molecule has 0 aliphatic heterocycles. The molecule has 0 spiro atoms. The lowest BCUT2D eigenvalue weighted by atomic mass is 10.1. The van der Waals surface area contributed by atoms with Crippen molar-refractivity contribution in [3.8, 4) is 5.75 Å². The van der Waals surface area contributed by atoms with Crippen molar-refractivity contribution in [3.63, 3.8) is 0 Å². The molecule has 0 unspecified atom stereocenters. The first-order valence-electron chi connectivity index (χ1n) is 8.48. The number of ether oxygens (including phenoxy) is 1. The summed E-state index contributed by atoms with van der Waals surface area (Å²) in [5.74, 6) is 7.59. The van der Waals surface area contributed by atoms with Crippen LogP contribution in [0.3, 0.4) is 0 Å². The number of nitrogens with zero attached hydrogens (tertiary/aromatic N) is 3. The minimum Gasteiger partial charge on any atom is -0.497 e. The number of carbonyl (C=O) groups excluding carboxylic acids is 1. The molecule has 7 nitrogen and oxygen atoms in total. The van der Waals surface area contributed by atoms with Gasteiger partial charge in [-0.1, -0.05) is 30.0 Å². The minimum absolute atomic E-state index is 0.122. The van der Waals surface area contributed by atoms with E-state index in [2.05, 4.69) is 15.5 Å². The Morgan fingerprint density at radius 2 is 2.00 bits per heavy atom. The first-order valence-corrected chi connectivity index (χ1v) is 10.7. The van der Waals surface area contributed by atoms with Crippen LogP contribution in [0.15, 0.2) is 58.6 Å². The van der Waals surface area contributed by atoms with E-state index in [9.17, 15) is 4.79 Å². The Morgan fingerprint density at radius 3 is 2.71 bits per heavy atom. The standard InChI is InChI=1S/C19H21N5O2S2/c1-26-15-8-6-13(7-9-15)10-17-22-23-19(24(17)20)28-12-18(25)21-14-4-3-5-16(11-14)27-2/h3-9,11H,10,12,20H2,1-2H3,(H,21,25). The molecule has 1 aromatic heterocycles. The zero-order valence-corrected chi connectivity index (χ0v) is 17.2. The van der Waals surface area contributed by atoms with Crippen LogP contribution in [-0.2, 0) is 11.2 Å². The average molecular weight is 416 g/mol. The maximum atomic E-state index is 12.2. The molecule has 28 heavy (non-hydrogen) atoms. The number of amides is 1. The van der Waals surface area contributed by atoms with Crippen molar-refractivity contribution < 1.29 is 9.53 Å². The van der Waals surface area contributed by atoms with E-state index in [4.69, 9.17) is 10.6 Å². The Balaban J connectivity index is 1.56. The number of rotatable bonds is 8. The third-order valence-electron chi connectivity index (χ3n) is 3.94. The van der Waals surface area contributed by atoms with E-state index in [-0.39, 0.29) is 11.7 Å². The van der Waals surface area contributed by atoms with Gasteiger partial charge in [0, 0.05) is 17.0 Å². The zero-order valence-electron chi connectivity index (χ0n) is 15.6. The fourth-order valence-corrected chi connectivity index (χ4v) is 3.61. The second kappa shape index (κ2) is 9.52. The molecule has 9 heteroatoms. The van der Waals surface area contributed by atoms with Crippen molar-refractivity contribution in [2.75, 3.05) is 30.3 Å². The van der Waals surface area contributed by atoms with E-state index in [0.717, 1.165) is 21.9 Å². The molecule has 0 radical (unpaired) electrons. The molecule has 0 aliphatic rings. The van der Waals surface area contributed by atoms with Gasteiger partial charge < -0.3 is 15.9 Å². The van der Waals surface area contributed by atoms with E-state index < -0.39 is 0 Å². The molecule has 0 aliphatic carbocycles. The Hall–Kier alpha value is -2.65. The third kappa shape index (κ3) is 5.20. The largest absolute Gasteiger partial charge is 0.497 e. The number of nitrogens with one attached hydrogen (secondary N) is 1. The lowest BCUT2D eigenvalue weighted by Crippen LogP contribution is -2.17. The molecule has 3 rings (SSSR count). The van der Waals surface area contributed by atoms with Crippen molar-refractivity contribution in [1.82, 2.24) is 14.9 Å². The van der Waals surface area contributed by atoms with Gasteiger partial charge >= 0.3 is 0 Å². The van der Waals surface area contributed by atoms with Gasteiger partial charge in [-0.05, 0) is 42.2 Å². The summed E-state index contributed by atoms with van der Waals surface area (Å²) in [7, 11) is 1.63. The lowest BCUT2D eigenvalue weighted by molar-refractivity contribution is -0.113. The van der Waals surface area contributed by atoms with Gasteiger partial charge in [-0.2, -0.15) is 0 Å². The highest BCUT2D eigenvalue weighted by molar-refractivity contribution is 7.99. The van der Waals surface area contributed by atoms with Crippen LogP contribution in [-0.4, -0.2) is 39.9 Å². The van der Waals surface area contributed by atoms with Crippen molar-refractivity contribution in [3.05, 3.63) is 59.9 Å². The predicted octanol–water partition coefficient (Wildman–Crippen LogP) is 3.04. The van der Waals surface area contributed by atoms with E-state index in [1.54, 1.807) is 18.9 Å². The molecule has 3 aromatic rings. The summed E-state index contributed by atoms with van der Waals surface area (Å²) in [6.07, 6.45) is 2.54. The number of benzene rings is 2. The summed E-state index contributed by atoms with van der Waals surface area (Å²) in [5.41, 5.74) is 1.81. The first kappa shape index (κ1) is 20.1. The number of anilines is 1. The fourth-order valence-electron chi connectivity index (χ4n) is 2.48. The topological polar surface area (TPSA) is 95.1 Å². The summed E-state index contributed by atoms with van der Waals surface area (Å²) in [6.45, 7) is 0. The number of carbonyl (C=O) groups is 1. The zero-order chi connectivity index (χ0) is 19.9. The highest BCUT2D eigenvalue weighted by Gasteiger charge is 2.13. The summed E-state index contributed by atoms with van der Waals surface area (Å²) >= 11 is 2.87. The Morgan fingerprint density at radius 1 is 1.21 bits per heavy atom. The SMILES string of the molecule is COc1ccc(Cc2nnc(SCC(=O)Nc3cccc(SC)c3)n2N)cc1. The number of nitrogens with two attached hydrogens (primary N) is 1. The van der Waals surface area contributed by atoms with Gasteiger partial charge in [0.15, 0.2) is 5.82 Å². The second-order valence-corrected chi connectivity index (χ2v) is 7.68. The number of hydrogen-bond donors (Lipinski definition) is 2. The van der Waals surface area contributed by atoms with Crippen LogP contribution in [0, 0.1) is 0 Å². The van der Waals surface area contributed by atoms with Gasteiger partial charge in [-0.25, -0.2) is 4.68 Å². The van der Waals surface area contributed by atoms with Crippen LogP contribution in [0.1, 0.15) is 11.4 Å². The van der Waals surface area contributed by atoms with E-state index >= 15 is 0 Å². The lowest BCUT2D eigenvalue weighted by Gasteiger charge is -2.07. The third-order valence-corrected chi connectivity index (χ3v) is 5.61. The van der Waals surface area contributed by atoms with Gasteiger partial charge in [-0.3, -0.25) is 4.79 Å². The number of hydrogen-bond acceptors (Lipinski definition) is 7. The van der Waals surface area contributed by atoms with E-state index in [1.807, 2.05) is 54.8 Å². The molecule has 1 heterocycles. The molecule has 146 valence electrons. The number of methoxy groups -OCH3 is 1. The van der Waals surface area contributed by atoms with Crippen LogP contribution in [0.5, 0.6) is 5.75 Å². The maximum Gasteiger partial charge on any atom is 0.234 e. The van der Waals surface area contributed by atoms with E-state index in [1.165, 1.54) is 16.4 Å². The quantitative estimate of drug-likeness (QED) is 0.431. The van der Waals surface area contributed by atoms with Crippen LogP contribution in [0.25, 0.3) is 0 Å². The molecule has 0 saturated heterocycles. The Kier molecular flexibility index (Phi) is 6.83. The van der Waals surface area contributed by atoms with Crippen molar-refractivity contribution in [2.24, 2.45) is 0 Å². The molecular formula is C19H21N5O2S2. The second-order valence-electron chi connectivity index (χ2n) is 5.86. The van der Waals surface area contributed by atoms with Gasteiger partial charge in [0.2, 0.25) is 11.1 Å². The van der Waals surface area contributed by atoms with Gasteiger partial charge in [-0.15, -0.1) is 22.0 Å². The molecule has 2 aromatic carbocycles. The molecule has 0 saturated carbocycles. The number of aromatic nitrogens is 3. The molecule has 0 bridgehead atoms. The summed E-state index contributed by atoms with van der Waals surface area (Å²) in [4.78, 5) is 13.3. The van der Waals surface area contributed by atoms with Gasteiger partial charge in [0.25, 0.3) is 0 Å². The maximum absolute atomic E-state index is 12.2. The molecule has 3 N–H and O–H groups in total. The molecule has 0 atom stereocenters. The van der Waals surface area contributed by atoms with Crippen LogP contribution in [0.2, 0.25) is 0 Å². The Bertz CT molecular complexity index is 944. The summed E-state index contributed by atoms with van der Waals surface area (Å²) in [6, 6.07) is 15.4. The average Bonchev–Trinajstić information content (AvgIpc) is 3.06. The number of thioether (sulfide) groups is 2. The highest BCUT2D eigenvalue weighted by Crippen LogP contribution is 2.21. The van der Waals surface area contributed by atoms with E-state index in [0.29, 0.717) is 17.4 Å². The molecular weight excluding hydrogens is 394 g/mol. The molecule has 0 fully saturated rings. The van der Waals surface area contributed by atoms with Crippen molar-refractivity contribution >= 4 is 35.1 Å². The van der Waals surface area contributed by atoms with Crippen LogP contribution < -0.4 is 15.9 Å². The fraction of sp³-hybridized carbons (Fsp3) is 0.211. The van der Waals surface area contributed by atoms with Gasteiger partial charge in [0.05, 0.1) is 12.9 Å². The first-order chi connectivity index (χ1) is 13.6. The van der Waals surface area contributed by atoms with Crippen molar-refractivity contribution in [1.29, 1.82) is 0 Å². The number of nitrogen functional groups attached to an aromatic ring is 1. The summed E-state index contributed by atoms with van der Waals surface area (Å²) in [5, 5.41) is 11.6. The van der Waals surface area contributed by atoms with Crippen LogP contribution >= 0.6 is 23.5 Å². The smallest absolute Gasteiger partial charge is 0.234 e. The normalized spacial score (nSPS) is 10.6. The minimum atomic E-state index is -0.122. The highest BCUT2D eigenvalue weighted by atomic mass is 32.2. The summed E-state index contributed by atoms with van der Waals surface area (Å²) < 4.78 is 6.58. The predicted molar refractivity (Wildman–Crippen MR) is 114 cm³/mol.